The third kappa shape index (κ3) is 3.13. The standard InChI is InChI=1S/C11H13BrO2S/c12-11-6-5-10(15-11)9(13)4-3-8-2-1-7-14-8/h5-6,8H,1-4,7H2. The van der Waals surface area contributed by atoms with Crippen LogP contribution in [0.25, 0.3) is 0 Å². The molecule has 1 unspecified atom stereocenters. The monoisotopic (exact) mass is 288 g/mol. The van der Waals surface area contributed by atoms with Crippen LogP contribution in [0.4, 0.5) is 0 Å². The Kier molecular flexibility index (Phi) is 3.94. The fourth-order valence-corrected chi connectivity index (χ4v) is 3.10. The fourth-order valence-electron chi connectivity index (χ4n) is 1.75. The van der Waals surface area contributed by atoms with Gasteiger partial charge in [-0.3, -0.25) is 4.79 Å². The summed E-state index contributed by atoms with van der Waals surface area (Å²) in [5, 5.41) is 0. The van der Waals surface area contributed by atoms with Crippen LogP contribution >= 0.6 is 27.3 Å². The highest BCUT2D eigenvalue weighted by Crippen LogP contribution is 2.24. The van der Waals surface area contributed by atoms with Crippen molar-refractivity contribution >= 4 is 33.0 Å². The van der Waals surface area contributed by atoms with E-state index in [1.165, 1.54) is 11.3 Å². The summed E-state index contributed by atoms with van der Waals surface area (Å²) in [5.74, 6) is 0.237. The zero-order valence-corrected chi connectivity index (χ0v) is 10.8. The number of ketones is 1. The number of rotatable bonds is 4. The smallest absolute Gasteiger partial charge is 0.172 e. The van der Waals surface area contributed by atoms with E-state index in [1.807, 2.05) is 12.1 Å². The van der Waals surface area contributed by atoms with Gasteiger partial charge in [-0.25, -0.2) is 0 Å². The zero-order chi connectivity index (χ0) is 10.7. The lowest BCUT2D eigenvalue weighted by atomic mass is 10.1. The van der Waals surface area contributed by atoms with E-state index in [9.17, 15) is 4.79 Å². The van der Waals surface area contributed by atoms with Gasteiger partial charge in [0.05, 0.1) is 14.8 Å². The van der Waals surface area contributed by atoms with Gasteiger partial charge in [0, 0.05) is 13.0 Å². The molecule has 4 heteroatoms. The first-order valence-electron chi connectivity index (χ1n) is 5.16. The maximum absolute atomic E-state index is 11.7. The molecule has 2 nitrogen and oxygen atoms in total. The Balaban J connectivity index is 1.81. The van der Waals surface area contributed by atoms with E-state index >= 15 is 0 Å². The van der Waals surface area contributed by atoms with Crippen LogP contribution in [0.3, 0.4) is 0 Å². The molecule has 1 aromatic heterocycles. The van der Waals surface area contributed by atoms with Gasteiger partial charge in [-0.05, 0) is 47.3 Å². The molecule has 0 bridgehead atoms. The molecular formula is C11H13BrO2S. The normalized spacial score (nSPS) is 20.7. The largest absolute Gasteiger partial charge is 0.378 e. The lowest BCUT2D eigenvalue weighted by molar-refractivity contribution is 0.0862. The predicted molar refractivity (Wildman–Crippen MR) is 64.6 cm³/mol. The van der Waals surface area contributed by atoms with Crippen molar-refractivity contribution in [2.24, 2.45) is 0 Å². The summed E-state index contributed by atoms with van der Waals surface area (Å²) in [4.78, 5) is 12.6. The molecule has 2 rings (SSSR count). The van der Waals surface area contributed by atoms with Gasteiger partial charge in [-0.2, -0.15) is 0 Å². The molecule has 0 spiro atoms. The molecule has 1 aliphatic heterocycles. The SMILES string of the molecule is O=C(CCC1CCCO1)c1ccc(Br)s1. The van der Waals surface area contributed by atoms with E-state index in [-0.39, 0.29) is 5.78 Å². The number of Topliss-reactive ketones (excluding diaryl/α,β-unsaturated/α-hetero) is 1. The molecule has 0 saturated carbocycles. The van der Waals surface area contributed by atoms with E-state index in [2.05, 4.69) is 15.9 Å². The fraction of sp³-hybridized carbons (Fsp3) is 0.545. The predicted octanol–water partition coefficient (Wildman–Crippen LogP) is 3.65. The summed E-state index contributed by atoms with van der Waals surface area (Å²) in [5.41, 5.74) is 0. The summed E-state index contributed by atoms with van der Waals surface area (Å²) >= 11 is 4.86. The topological polar surface area (TPSA) is 26.3 Å². The average molecular weight is 289 g/mol. The minimum atomic E-state index is 0.237. The summed E-state index contributed by atoms with van der Waals surface area (Å²) in [6, 6.07) is 3.80. The van der Waals surface area contributed by atoms with Crippen LogP contribution in [0.5, 0.6) is 0 Å². The van der Waals surface area contributed by atoms with Crippen LogP contribution in [0.15, 0.2) is 15.9 Å². The second kappa shape index (κ2) is 5.23. The second-order valence-electron chi connectivity index (χ2n) is 3.70. The van der Waals surface area contributed by atoms with E-state index in [0.717, 1.165) is 34.5 Å². The first-order valence-corrected chi connectivity index (χ1v) is 6.77. The van der Waals surface area contributed by atoms with Crippen LogP contribution in [-0.4, -0.2) is 18.5 Å². The van der Waals surface area contributed by atoms with Crippen molar-refractivity contribution in [3.63, 3.8) is 0 Å². The number of carbonyl (C=O) groups is 1. The highest BCUT2D eigenvalue weighted by atomic mass is 79.9. The summed E-state index contributed by atoms with van der Waals surface area (Å²) in [6.45, 7) is 0.864. The molecule has 1 atom stereocenters. The Bertz CT molecular complexity index is 342. The lowest BCUT2D eigenvalue weighted by Gasteiger charge is -2.06. The van der Waals surface area contributed by atoms with Crippen molar-refractivity contribution in [1.29, 1.82) is 0 Å². The summed E-state index contributed by atoms with van der Waals surface area (Å²) in [6.07, 6.45) is 4.05. The van der Waals surface area contributed by atoms with Crippen LogP contribution in [0.1, 0.15) is 35.4 Å². The highest BCUT2D eigenvalue weighted by molar-refractivity contribution is 9.11. The van der Waals surface area contributed by atoms with Gasteiger partial charge in [-0.15, -0.1) is 11.3 Å². The van der Waals surface area contributed by atoms with Crippen LogP contribution < -0.4 is 0 Å². The maximum Gasteiger partial charge on any atom is 0.172 e. The number of hydrogen-bond donors (Lipinski definition) is 0. The number of carbonyl (C=O) groups excluding carboxylic acids is 1. The van der Waals surface area contributed by atoms with E-state index in [4.69, 9.17) is 4.74 Å². The molecule has 0 aromatic carbocycles. The zero-order valence-electron chi connectivity index (χ0n) is 8.37. The van der Waals surface area contributed by atoms with Crippen molar-refractivity contribution in [1.82, 2.24) is 0 Å². The summed E-state index contributed by atoms with van der Waals surface area (Å²) < 4.78 is 6.50. The minimum Gasteiger partial charge on any atom is -0.378 e. The molecule has 2 heterocycles. The quantitative estimate of drug-likeness (QED) is 0.791. The highest BCUT2D eigenvalue weighted by Gasteiger charge is 2.17. The molecule has 0 aliphatic carbocycles. The third-order valence-corrected chi connectivity index (χ3v) is 4.23. The van der Waals surface area contributed by atoms with Gasteiger partial charge >= 0.3 is 0 Å². The Labute approximate surface area is 102 Å². The number of hydrogen-bond acceptors (Lipinski definition) is 3. The van der Waals surface area contributed by atoms with Crippen LogP contribution in [0, 0.1) is 0 Å². The Morgan fingerprint density at radius 3 is 3.07 bits per heavy atom. The van der Waals surface area contributed by atoms with Gasteiger partial charge in [0.25, 0.3) is 0 Å². The van der Waals surface area contributed by atoms with Crippen molar-refractivity contribution in [3.05, 3.63) is 20.8 Å². The molecule has 15 heavy (non-hydrogen) atoms. The number of thiophene rings is 1. The molecule has 1 saturated heterocycles. The lowest BCUT2D eigenvalue weighted by Crippen LogP contribution is -2.07. The van der Waals surface area contributed by atoms with Gasteiger partial charge in [-0.1, -0.05) is 0 Å². The minimum absolute atomic E-state index is 0.237. The van der Waals surface area contributed by atoms with Crippen LogP contribution in [-0.2, 0) is 4.74 Å². The van der Waals surface area contributed by atoms with Gasteiger partial charge in [0.1, 0.15) is 0 Å². The van der Waals surface area contributed by atoms with Crippen molar-refractivity contribution in [2.45, 2.75) is 31.8 Å². The first-order chi connectivity index (χ1) is 7.25. The first kappa shape index (κ1) is 11.3. The molecule has 1 aliphatic rings. The Hall–Kier alpha value is -0.190. The van der Waals surface area contributed by atoms with Crippen molar-refractivity contribution in [2.75, 3.05) is 6.61 Å². The third-order valence-electron chi connectivity index (χ3n) is 2.57. The van der Waals surface area contributed by atoms with Crippen molar-refractivity contribution < 1.29 is 9.53 Å². The number of halogens is 1. The summed E-state index contributed by atoms with van der Waals surface area (Å²) in [7, 11) is 0. The van der Waals surface area contributed by atoms with Crippen molar-refractivity contribution in [3.8, 4) is 0 Å². The molecule has 0 N–H and O–H groups in total. The maximum atomic E-state index is 11.7. The molecule has 82 valence electrons. The van der Waals surface area contributed by atoms with E-state index in [0.29, 0.717) is 12.5 Å². The Morgan fingerprint density at radius 2 is 2.47 bits per heavy atom. The molecule has 1 aromatic rings. The van der Waals surface area contributed by atoms with Gasteiger partial charge < -0.3 is 4.74 Å². The molecule has 1 fully saturated rings. The van der Waals surface area contributed by atoms with Crippen LogP contribution in [0.2, 0.25) is 0 Å². The molecule has 0 amide bonds. The van der Waals surface area contributed by atoms with Gasteiger partial charge in [0.15, 0.2) is 5.78 Å². The number of ether oxygens (including phenoxy) is 1. The Morgan fingerprint density at radius 1 is 1.60 bits per heavy atom. The van der Waals surface area contributed by atoms with E-state index < -0.39 is 0 Å². The molecular weight excluding hydrogens is 276 g/mol. The molecule has 0 radical (unpaired) electrons. The van der Waals surface area contributed by atoms with E-state index in [1.54, 1.807) is 0 Å². The van der Waals surface area contributed by atoms with Gasteiger partial charge in [0.2, 0.25) is 0 Å². The average Bonchev–Trinajstić information content (AvgIpc) is 2.84. The second-order valence-corrected chi connectivity index (χ2v) is 6.16.